The van der Waals surface area contributed by atoms with E-state index in [-0.39, 0.29) is 42.2 Å². The second kappa shape index (κ2) is 12.5. The van der Waals surface area contributed by atoms with E-state index in [4.69, 9.17) is 18.6 Å². The molecule has 2 aliphatic heterocycles. The lowest BCUT2D eigenvalue weighted by atomic mass is 10.0. The molecule has 4 rings (SSSR count). The number of hydrogen-bond acceptors (Lipinski definition) is 10. The molecule has 0 radical (unpaired) electrons. The van der Waals surface area contributed by atoms with Crippen LogP contribution in [0.3, 0.4) is 0 Å². The fraction of sp³-hybridized carbons (Fsp3) is 0.296. The number of carbonyl (C=O) groups is 5. The highest BCUT2D eigenvalue weighted by Gasteiger charge is 2.56. The van der Waals surface area contributed by atoms with Crippen molar-refractivity contribution < 1.29 is 42.6 Å². The number of carbonyl (C=O) groups excluding carboxylic acids is 5. The molecule has 12 heteroatoms. The number of β-lactam (4-membered cyclic amide) rings is 1. The molecule has 0 bridgehead atoms. The van der Waals surface area contributed by atoms with Crippen molar-refractivity contribution in [3.63, 3.8) is 0 Å². The quantitative estimate of drug-likeness (QED) is 0.202. The highest BCUT2D eigenvalue weighted by atomic mass is 32.2. The van der Waals surface area contributed by atoms with Gasteiger partial charge in [0.05, 0.1) is 17.6 Å². The van der Waals surface area contributed by atoms with Crippen LogP contribution in [-0.4, -0.2) is 52.6 Å². The highest BCUT2D eigenvalue weighted by Crippen LogP contribution is 2.47. The van der Waals surface area contributed by atoms with Gasteiger partial charge in [-0.05, 0) is 17.7 Å². The van der Waals surface area contributed by atoms with E-state index < -0.39 is 41.1 Å². The van der Waals surface area contributed by atoms with Gasteiger partial charge in [0.1, 0.15) is 42.3 Å². The Kier molecular flexibility index (Phi) is 8.87. The van der Waals surface area contributed by atoms with Crippen molar-refractivity contribution in [2.75, 3.05) is 6.61 Å². The summed E-state index contributed by atoms with van der Waals surface area (Å²) >= 11 is 1.08. The second-order valence-electron chi connectivity index (χ2n) is 8.51. The number of nitrogens with one attached hydrogen (secondary N) is 1. The molecule has 1 unspecified atom stereocenters. The number of thioether (sulfide) groups is 1. The third-order valence-electron chi connectivity index (χ3n) is 5.76. The molecular weight excluding hydrogens is 528 g/mol. The lowest BCUT2D eigenvalue weighted by Gasteiger charge is -2.50. The van der Waals surface area contributed by atoms with Crippen molar-refractivity contribution in [2.24, 2.45) is 0 Å². The van der Waals surface area contributed by atoms with E-state index >= 15 is 0 Å². The predicted octanol–water partition coefficient (Wildman–Crippen LogP) is 2.58. The molecular formula is C27H26N2O9S. The maximum atomic E-state index is 13.4. The third-order valence-corrected chi connectivity index (χ3v) is 7.08. The summed E-state index contributed by atoms with van der Waals surface area (Å²) in [6.45, 7) is 2.37. The van der Waals surface area contributed by atoms with E-state index in [0.717, 1.165) is 23.6 Å². The van der Waals surface area contributed by atoms with Crippen LogP contribution < -0.4 is 5.32 Å². The minimum atomic E-state index is -0.977. The van der Waals surface area contributed by atoms with Crippen molar-refractivity contribution in [2.45, 2.75) is 44.7 Å². The van der Waals surface area contributed by atoms with Crippen molar-refractivity contribution in [3.05, 3.63) is 82.5 Å². The second-order valence-corrected chi connectivity index (χ2v) is 9.67. The third kappa shape index (κ3) is 6.58. The van der Waals surface area contributed by atoms with Crippen LogP contribution in [0.2, 0.25) is 0 Å². The minimum Gasteiger partial charge on any atom is -0.469 e. The molecule has 1 N–H and O–H groups in total. The normalized spacial score (nSPS) is 19.2. The zero-order chi connectivity index (χ0) is 27.9. The van der Waals surface area contributed by atoms with E-state index in [2.05, 4.69) is 5.32 Å². The van der Waals surface area contributed by atoms with Gasteiger partial charge in [-0.1, -0.05) is 49.0 Å². The zero-order valence-corrected chi connectivity index (χ0v) is 22.0. The van der Waals surface area contributed by atoms with Gasteiger partial charge in [-0.2, -0.15) is 0 Å². The highest BCUT2D eigenvalue weighted by molar-refractivity contribution is 8.04. The molecule has 11 nitrogen and oxygen atoms in total. The Morgan fingerprint density at radius 2 is 1.85 bits per heavy atom. The Morgan fingerprint density at radius 1 is 1.08 bits per heavy atom. The molecule has 2 amide bonds. The standard InChI is InChI=1S/C27H26N2O9S/c1-3-22(32)37-15-20-19(14-36-16(2)30)24(27(34)38-13-17-8-5-4-6-9-17)29-25(33)23(26(29)39-20)28-21(31)12-18-10-7-11-35-18/h4-11,15,23,26H,3,12-14H2,1-2H3,(H,28,31)/t23?,26-/m0/s1. The minimum absolute atomic E-state index is 0.0724. The summed E-state index contributed by atoms with van der Waals surface area (Å²) in [7, 11) is 0. The zero-order valence-electron chi connectivity index (χ0n) is 21.2. The van der Waals surface area contributed by atoms with Gasteiger partial charge in [0.15, 0.2) is 0 Å². The lowest BCUT2D eigenvalue weighted by Crippen LogP contribution is -2.70. The number of nitrogens with zero attached hydrogens (tertiary/aromatic N) is 1. The van der Waals surface area contributed by atoms with E-state index in [1.165, 1.54) is 18.1 Å². The number of benzene rings is 1. The van der Waals surface area contributed by atoms with Gasteiger partial charge >= 0.3 is 17.9 Å². The Hall–Kier alpha value is -4.32. The van der Waals surface area contributed by atoms with Crippen LogP contribution in [0.25, 0.3) is 0 Å². The van der Waals surface area contributed by atoms with Crippen LogP contribution in [0.5, 0.6) is 0 Å². The summed E-state index contributed by atoms with van der Waals surface area (Å²) in [4.78, 5) is 64.2. The average molecular weight is 555 g/mol. The molecule has 0 spiro atoms. The van der Waals surface area contributed by atoms with Crippen LogP contribution in [0.4, 0.5) is 0 Å². The van der Waals surface area contributed by atoms with Gasteiger partial charge in [-0.3, -0.25) is 24.1 Å². The molecule has 1 fully saturated rings. The summed E-state index contributed by atoms with van der Waals surface area (Å²) in [5.41, 5.74) is 0.707. The Bertz CT molecular complexity index is 1320. The SMILES string of the molecule is CCC(=O)OC=C1S[C@H]2C(NC(=O)Cc3ccco3)C(=O)N2C(C(=O)OCc2ccccc2)=C1COC(C)=O. The number of rotatable bonds is 10. The summed E-state index contributed by atoms with van der Waals surface area (Å²) in [5, 5.41) is 1.93. The molecule has 0 saturated carbocycles. The molecule has 3 heterocycles. The molecule has 1 aromatic heterocycles. The van der Waals surface area contributed by atoms with Gasteiger partial charge in [0.25, 0.3) is 5.91 Å². The van der Waals surface area contributed by atoms with Crippen molar-refractivity contribution >= 4 is 41.5 Å². The number of furan rings is 1. The van der Waals surface area contributed by atoms with E-state index in [0.29, 0.717) is 5.76 Å². The maximum Gasteiger partial charge on any atom is 0.355 e. The van der Waals surface area contributed by atoms with Crippen LogP contribution in [-0.2, 0) is 51.2 Å². The van der Waals surface area contributed by atoms with Gasteiger partial charge in [-0.15, -0.1) is 0 Å². The first-order valence-corrected chi connectivity index (χ1v) is 13.0. The number of hydrogen-bond donors (Lipinski definition) is 1. The summed E-state index contributed by atoms with van der Waals surface area (Å²) in [5.74, 6) is -2.56. The first kappa shape index (κ1) is 27.7. The van der Waals surface area contributed by atoms with E-state index in [1.54, 1.807) is 43.3 Å². The Labute approximate surface area is 228 Å². The molecule has 2 atom stereocenters. The largest absolute Gasteiger partial charge is 0.469 e. The fourth-order valence-electron chi connectivity index (χ4n) is 3.84. The summed E-state index contributed by atoms with van der Waals surface area (Å²) < 4.78 is 21.1. The van der Waals surface area contributed by atoms with Crippen LogP contribution >= 0.6 is 11.8 Å². The predicted molar refractivity (Wildman–Crippen MR) is 137 cm³/mol. The molecule has 1 saturated heterocycles. The average Bonchev–Trinajstić information content (AvgIpc) is 3.44. The summed E-state index contributed by atoms with van der Waals surface area (Å²) in [6.07, 6.45) is 2.61. The number of amides is 2. The van der Waals surface area contributed by atoms with Crippen LogP contribution in [0.1, 0.15) is 31.6 Å². The molecule has 2 aromatic rings. The number of fused-ring (bicyclic) bond motifs is 1. The molecule has 0 aliphatic carbocycles. The maximum absolute atomic E-state index is 13.4. The summed E-state index contributed by atoms with van der Waals surface area (Å²) in [6, 6.07) is 11.3. The van der Waals surface area contributed by atoms with Crippen LogP contribution in [0, 0.1) is 0 Å². The van der Waals surface area contributed by atoms with Gasteiger partial charge in [-0.25, -0.2) is 4.79 Å². The molecule has 2 aliphatic rings. The van der Waals surface area contributed by atoms with Gasteiger partial charge in [0.2, 0.25) is 5.91 Å². The lowest BCUT2D eigenvalue weighted by molar-refractivity contribution is -0.153. The number of ether oxygens (including phenoxy) is 3. The molecule has 1 aromatic carbocycles. The topological polar surface area (TPSA) is 141 Å². The fourth-order valence-corrected chi connectivity index (χ4v) is 5.14. The smallest absolute Gasteiger partial charge is 0.355 e. The monoisotopic (exact) mass is 554 g/mol. The Morgan fingerprint density at radius 3 is 2.51 bits per heavy atom. The van der Waals surface area contributed by atoms with Gasteiger partial charge in [0, 0.05) is 18.9 Å². The number of esters is 3. The molecule has 204 valence electrons. The van der Waals surface area contributed by atoms with Crippen molar-refractivity contribution in [3.8, 4) is 0 Å². The first-order valence-electron chi connectivity index (χ1n) is 12.1. The van der Waals surface area contributed by atoms with Crippen LogP contribution in [0.15, 0.2) is 75.6 Å². The van der Waals surface area contributed by atoms with E-state index in [9.17, 15) is 24.0 Å². The first-order chi connectivity index (χ1) is 18.8. The van der Waals surface area contributed by atoms with Crippen molar-refractivity contribution in [1.29, 1.82) is 0 Å². The van der Waals surface area contributed by atoms with Gasteiger partial charge < -0.3 is 23.9 Å². The van der Waals surface area contributed by atoms with Crippen molar-refractivity contribution in [1.82, 2.24) is 10.2 Å². The Balaban J connectivity index is 1.64. The molecule has 39 heavy (non-hydrogen) atoms. The van der Waals surface area contributed by atoms with E-state index in [1.807, 2.05) is 6.07 Å².